The molecule has 112 valence electrons. The second-order valence-electron chi connectivity index (χ2n) is 4.51. The standard InChI is InChI=1S/C14H17N3O3S/c1-10-3-4-12(20-2)13(7-10)21(18,19)17-14-8-11(9-15)5-6-16-14/h3-8H,9,15H2,1-2H3,(H,16,17). The van der Waals surface area contributed by atoms with Gasteiger partial charge in [-0.2, -0.15) is 0 Å². The molecule has 1 aromatic carbocycles. The van der Waals surface area contributed by atoms with Crippen LogP contribution in [0.15, 0.2) is 41.4 Å². The van der Waals surface area contributed by atoms with Crippen LogP contribution in [-0.2, 0) is 16.6 Å². The van der Waals surface area contributed by atoms with E-state index in [0.717, 1.165) is 11.1 Å². The Kier molecular flexibility index (Phi) is 4.44. The van der Waals surface area contributed by atoms with Crippen LogP contribution in [-0.4, -0.2) is 20.5 Å². The molecule has 0 fully saturated rings. The third kappa shape index (κ3) is 3.50. The van der Waals surface area contributed by atoms with Crippen LogP contribution in [0.4, 0.5) is 5.82 Å². The maximum absolute atomic E-state index is 12.5. The fraction of sp³-hybridized carbons (Fsp3) is 0.214. The average Bonchev–Trinajstić information content (AvgIpc) is 2.47. The van der Waals surface area contributed by atoms with Gasteiger partial charge < -0.3 is 10.5 Å². The van der Waals surface area contributed by atoms with Gasteiger partial charge in [-0.15, -0.1) is 0 Å². The summed E-state index contributed by atoms with van der Waals surface area (Å²) < 4.78 is 32.5. The number of nitrogens with zero attached hydrogens (tertiary/aromatic N) is 1. The van der Waals surface area contributed by atoms with Gasteiger partial charge in [-0.25, -0.2) is 13.4 Å². The molecule has 0 unspecified atom stereocenters. The van der Waals surface area contributed by atoms with Crippen molar-refractivity contribution >= 4 is 15.8 Å². The van der Waals surface area contributed by atoms with Gasteiger partial charge in [0.05, 0.1) is 7.11 Å². The lowest BCUT2D eigenvalue weighted by Gasteiger charge is -2.12. The Hall–Kier alpha value is -2.12. The first-order chi connectivity index (χ1) is 9.96. The van der Waals surface area contributed by atoms with Crippen molar-refractivity contribution in [2.45, 2.75) is 18.4 Å². The summed E-state index contributed by atoms with van der Waals surface area (Å²) in [5, 5.41) is 0. The second kappa shape index (κ2) is 6.11. The van der Waals surface area contributed by atoms with Gasteiger partial charge in [0.2, 0.25) is 0 Å². The van der Waals surface area contributed by atoms with Gasteiger partial charge in [0, 0.05) is 12.7 Å². The predicted molar refractivity (Wildman–Crippen MR) is 80.7 cm³/mol. The molecular formula is C14H17N3O3S. The highest BCUT2D eigenvalue weighted by molar-refractivity contribution is 7.92. The molecule has 1 heterocycles. The fourth-order valence-corrected chi connectivity index (χ4v) is 3.10. The number of hydrogen-bond acceptors (Lipinski definition) is 5. The Morgan fingerprint density at radius 2 is 2.05 bits per heavy atom. The minimum Gasteiger partial charge on any atom is -0.495 e. The zero-order valence-electron chi connectivity index (χ0n) is 11.8. The number of pyridine rings is 1. The summed E-state index contributed by atoms with van der Waals surface area (Å²) in [5.74, 6) is 0.504. The van der Waals surface area contributed by atoms with Crippen molar-refractivity contribution in [3.63, 3.8) is 0 Å². The number of methoxy groups -OCH3 is 1. The van der Waals surface area contributed by atoms with E-state index in [0.29, 0.717) is 6.54 Å². The Balaban J connectivity index is 2.40. The number of nitrogens with two attached hydrogens (primary N) is 1. The molecule has 0 aliphatic heterocycles. The van der Waals surface area contributed by atoms with E-state index in [1.807, 2.05) is 6.92 Å². The minimum absolute atomic E-state index is 0.0740. The van der Waals surface area contributed by atoms with Crippen LogP contribution in [0.1, 0.15) is 11.1 Å². The third-order valence-corrected chi connectivity index (χ3v) is 4.28. The Bertz CT molecular complexity index is 745. The van der Waals surface area contributed by atoms with E-state index < -0.39 is 10.0 Å². The zero-order chi connectivity index (χ0) is 15.5. The number of sulfonamides is 1. The number of aryl methyl sites for hydroxylation is 1. The van der Waals surface area contributed by atoms with Crippen LogP contribution in [0.3, 0.4) is 0 Å². The highest BCUT2D eigenvalue weighted by atomic mass is 32.2. The summed E-state index contributed by atoms with van der Waals surface area (Å²) in [6.07, 6.45) is 1.51. The summed E-state index contributed by atoms with van der Waals surface area (Å²) in [4.78, 5) is 4.06. The molecular weight excluding hydrogens is 290 g/mol. The number of hydrogen-bond donors (Lipinski definition) is 2. The molecule has 0 saturated carbocycles. The molecule has 3 N–H and O–H groups in total. The Morgan fingerprint density at radius 1 is 1.29 bits per heavy atom. The maximum atomic E-state index is 12.5. The van der Waals surface area contributed by atoms with E-state index in [2.05, 4.69) is 9.71 Å². The van der Waals surface area contributed by atoms with E-state index in [-0.39, 0.29) is 16.5 Å². The van der Waals surface area contributed by atoms with Crippen LogP contribution >= 0.6 is 0 Å². The molecule has 0 aliphatic rings. The van der Waals surface area contributed by atoms with Crippen LogP contribution in [0, 0.1) is 6.92 Å². The third-order valence-electron chi connectivity index (χ3n) is 2.91. The number of anilines is 1. The average molecular weight is 307 g/mol. The van der Waals surface area contributed by atoms with E-state index in [1.54, 1.807) is 30.3 Å². The molecule has 2 rings (SSSR count). The van der Waals surface area contributed by atoms with E-state index in [9.17, 15) is 8.42 Å². The smallest absolute Gasteiger partial charge is 0.266 e. The lowest BCUT2D eigenvalue weighted by molar-refractivity contribution is 0.402. The minimum atomic E-state index is -3.78. The summed E-state index contributed by atoms with van der Waals surface area (Å²) >= 11 is 0. The topological polar surface area (TPSA) is 94.3 Å². The lowest BCUT2D eigenvalue weighted by Crippen LogP contribution is -2.15. The molecule has 0 amide bonds. The molecule has 0 aliphatic carbocycles. The quantitative estimate of drug-likeness (QED) is 0.876. The van der Waals surface area contributed by atoms with Gasteiger partial charge >= 0.3 is 0 Å². The van der Waals surface area contributed by atoms with Crippen molar-refractivity contribution in [3.05, 3.63) is 47.7 Å². The van der Waals surface area contributed by atoms with Crippen molar-refractivity contribution in [2.24, 2.45) is 5.73 Å². The van der Waals surface area contributed by atoms with Gasteiger partial charge in [-0.3, -0.25) is 4.72 Å². The van der Waals surface area contributed by atoms with Gasteiger partial charge in [0.15, 0.2) is 0 Å². The Labute approximate surface area is 124 Å². The number of benzene rings is 1. The number of ether oxygens (including phenoxy) is 1. The normalized spacial score (nSPS) is 11.2. The van der Waals surface area contributed by atoms with Gasteiger partial charge in [-0.05, 0) is 42.3 Å². The summed E-state index contributed by atoms with van der Waals surface area (Å²) in [6, 6.07) is 8.28. The number of nitrogens with one attached hydrogen (secondary N) is 1. The second-order valence-corrected chi connectivity index (χ2v) is 6.16. The molecule has 0 bridgehead atoms. The SMILES string of the molecule is COc1ccc(C)cc1S(=O)(=O)Nc1cc(CN)ccn1. The molecule has 7 heteroatoms. The highest BCUT2D eigenvalue weighted by Gasteiger charge is 2.20. The van der Waals surface area contributed by atoms with Crippen LogP contribution in [0.25, 0.3) is 0 Å². The van der Waals surface area contributed by atoms with Crippen molar-refractivity contribution in [3.8, 4) is 5.75 Å². The molecule has 0 saturated heterocycles. The highest BCUT2D eigenvalue weighted by Crippen LogP contribution is 2.26. The first-order valence-corrected chi connectivity index (χ1v) is 7.77. The van der Waals surface area contributed by atoms with Crippen LogP contribution in [0.2, 0.25) is 0 Å². The predicted octanol–water partition coefficient (Wildman–Crippen LogP) is 1.66. The monoisotopic (exact) mass is 307 g/mol. The maximum Gasteiger partial charge on any atom is 0.266 e. The van der Waals surface area contributed by atoms with Crippen LogP contribution in [0.5, 0.6) is 5.75 Å². The first kappa shape index (κ1) is 15.3. The van der Waals surface area contributed by atoms with Crippen molar-refractivity contribution in [1.29, 1.82) is 0 Å². The summed E-state index contributed by atoms with van der Waals surface area (Å²) in [7, 11) is -2.35. The van der Waals surface area contributed by atoms with Crippen molar-refractivity contribution < 1.29 is 13.2 Å². The molecule has 6 nitrogen and oxygen atoms in total. The fourth-order valence-electron chi connectivity index (χ4n) is 1.84. The van der Waals surface area contributed by atoms with Gasteiger partial charge in [0.1, 0.15) is 16.5 Å². The van der Waals surface area contributed by atoms with Crippen LogP contribution < -0.4 is 15.2 Å². The molecule has 0 spiro atoms. The number of rotatable bonds is 5. The Morgan fingerprint density at radius 3 is 2.71 bits per heavy atom. The number of aromatic nitrogens is 1. The van der Waals surface area contributed by atoms with E-state index in [4.69, 9.17) is 10.5 Å². The molecule has 21 heavy (non-hydrogen) atoms. The zero-order valence-corrected chi connectivity index (χ0v) is 12.6. The lowest BCUT2D eigenvalue weighted by atomic mass is 10.2. The molecule has 2 aromatic rings. The van der Waals surface area contributed by atoms with E-state index >= 15 is 0 Å². The molecule has 0 radical (unpaired) electrons. The van der Waals surface area contributed by atoms with Crippen molar-refractivity contribution in [1.82, 2.24) is 4.98 Å². The van der Waals surface area contributed by atoms with Gasteiger partial charge in [-0.1, -0.05) is 6.07 Å². The summed E-state index contributed by atoms with van der Waals surface area (Å²) in [5.41, 5.74) is 7.14. The summed E-state index contributed by atoms with van der Waals surface area (Å²) in [6.45, 7) is 2.12. The molecule has 1 aromatic heterocycles. The molecule has 0 atom stereocenters. The van der Waals surface area contributed by atoms with E-state index in [1.165, 1.54) is 13.3 Å². The largest absolute Gasteiger partial charge is 0.495 e. The van der Waals surface area contributed by atoms with Gasteiger partial charge in [0.25, 0.3) is 10.0 Å². The first-order valence-electron chi connectivity index (χ1n) is 6.28. The van der Waals surface area contributed by atoms with Crippen molar-refractivity contribution in [2.75, 3.05) is 11.8 Å².